The number of hydrogen-bond acceptors (Lipinski definition) is 9. The summed E-state index contributed by atoms with van der Waals surface area (Å²) in [5.41, 5.74) is -1.24. The second-order valence-corrected chi connectivity index (χ2v) is 17.2. The second-order valence-electron chi connectivity index (χ2n) is 15.0. The Morgan fingerprint density at radius 1 is 1.13 bits per heavy atom. The predicted molar refractivity (Wildman–Crippen MR) is 199 cm³/mol. The van der Waals surface area contributed by atoms with Gasteiger partial charge in [0.25, 0.3) is 0 Å². The first kappa shape index (κ1) is 41.0. The van der Waals surface area contributed by atoms with Crippen LogP contribution in [0.1, 0.15) is 78.3 Å². The molecule has 0 radical (unpaired) electrons. The van der Waals surface area contributed by atoms with E-state index in [4.69, 9.17) is 14.6 Å². The Kier molecular flexibility index (Phi) is 11.1. The van der Waals surface area contributed by atoms with E-state index in [9.17, 15) is 22.8 Å². The highest BCUT2D eigenvalue weighted by molar-refractivity contribution is 7.91. The molecule has 0 aromatic carbocycles. The standard InChI is InChI=1S/C37H46F3N7O7S/c1-22(2)46(34(50)54-35(4,5)6)21-28-30(33(53-9)44(8)42-28)24-15-14-23(3)36(7,18-24)55(51,52)47-20-26(25-12-10-16-41-32(25)47)27-19-45(17-11-13-29(48)49)43-31(27)37(38,39)40/h10,12,14-16,18-20,22-23H,11,13,17,21H2,1-9H3,(H,48,49). The van der Waals surface area contributed by atoms with Crippen molar-refractivity contribution in [3.8, 4) is 17.0 Å². The van der Waals surface area contributed by atoms with Crippen molar-refractivity contribution in [2.24, 2.45) is 13.0 Å². The number of carbonyl (C=O) groups is 2. The monoisotopic (exact) mass is 789 g/mol. The van der Waals surface area contributed by atoms with E-state index in [1.54, 1.807) is 53.0 Å². The van der Waals surface area contributed by atoms with Gasteiger partial charge in [-0.3, -0.25) is 14.4 Å². The first-order valence-corrected chi connectivity index (χ1v) is 19.0. The smallest absolute Gasteiger partial charge is 0.435 e. The molecule has 298 valence electrons. The number of nitrogens with zero attached hydrogens (tertiary/aromatic N) is 7. The molecule has 0 spiro atoms. The Bertz CT molecular complexity index is 2280. The molecule has 1 aliphatic rings. The van der Waals surface area contributed by atoms with Gasteiger partial charge in [0.1, 0.15) is 10.3 Å². The van der Waals surface area contributed by atoms with E-state index in [1.807, 2.05) is 13.8 Å². The Morgan fingerprint density at radius 2 is 1.82 bits per heavy atom. The molecule has 4 aromatic rings. The van der Waals surface area contributed by atoms with Gasteiger partial charge in [0.2, 0.25) is 15.9 Å². The number of aryl methyl sites for hydroxylation is 2. The quantitative estimate of drug-likeness (QED) is 0.160. The first-order chi connectivity index (χ1) is 25.5. The van der Waals surface area contributed by atoms with E-state index in [2.05, 4.69) is 15.2 Å². The van der Waals surface area contributed by atoms with Crippen molar-refractivity contribution < 1.29 is 45.8 Å². The molecule has 0 fully saturated rings. The largest absolute Gasteiger partial charge is 0.481 e. The average molecular weight is 790 g/mol. The number of alkyl halides is 3. The molecule has 5 rings (SSSR count). The zero-order valence-corrected chi connectivity index (χ0v) is 33.0. The number of pyridine rings is 1. The van der Waals surface area contributed by atoms with Crippen LogP contribution in [-0.4, -0.2) is 82.5 Å². The van der Waals surface area contributed by atoms with E-state index in [0.717, 1.165) is 21.0 Å². The van der Waals surface area contributed by atoms with Gasteiger partial charge in [0.05, 0.1) is 24.9 Å². The number of carbonyl (C=O) groups excluding carboxylic acids is 1. The Balaban J connectivity index is 1.65. The van der Waals surface area contributed by atoms with Crippen molar-refractivity contribution in [2.75, 3.05) is 7.11 Å². The van der Waals surface area contributed by atoms with Gasteiger partial charge in [0, 0.05) is 61.2 Å². The fraction of sp³-hybridized carbons (Fsp3) is 0.486. The topological polar surface area (TPSA) is 164 Å². The van der Waals surface area contributed by atoms with Crippen molar-refractivity contribution in [2.45, 2.75) is 97.0 Å². The molecule has 0 saturated heterocycles. The first-order valence-electron chi connectivity index (χ1n) is 17.6. The number of aliphatic carboxylic acids is 1. The molecular weight excluding hydrogens is 744 g/mol. The van der Waals surface area contributed by atoms with Gasteiger partial charge in [0.15, 0.2) is 11.3 Å². The van der Waals surface area contributed by atoms with E-state index in [1.165, 1.54) is 41.9 Å². The number of fused-ring (bicyclic) bond motifs is 1. The molecule has 1 amide bonds. The molecule has 1 N–H and O–H groups in total. The lowest BCUT2D eigenvalue weighted by Crippen LogP contribution is -2.44. The van der Waals surface area contributed by atoms with Crippen LogP contribution in [0.15, 0.2) is 49.0 Å². The van der Waals surface area contributed by atoms with Crippen molar-refractivity contribution in [1.29, 1.82) is 0 Å². The second kappa shape index (κ2) is 14.8. The molecule has 0 aliphatic heterocycles. The van der Waals surface area contributed by atoms with E-state index in [0.29, 0.717) is 22.7 Å². The van der Waals surface area contributed by atoms with Crippen molar-refractivity contribution in [3.05, 3.63) is 65.9 Å². The van der Waals surface area contributed by atoms with Crippen LogP contribution in [0.25, 0.3) is 27.7 Å². The summed E-state index contributed by atoms with van der Waals surface area (Å²) in [6.45, 7) is 12.1. The molecule has 55 heavy (non-hydrogen) atoms. The normalized spacial score (nSPS) is 17.8. The minimum atomic E-state index is -4.91. The Labute approximate surface area is 317 Å². The summed E-state index contributed by atoms with van der Waals surface area (Å²) in [6.07, 6.45) is 2.95. The highest BCUT2D eigenvalue weighted by Crippen LogP contribution is 2.44. The summed E-state index contributed by atoms with van der Waals surface area (Å²) in [5.74, 6) is -1.44. The zero-order valence-electron chi connectivity index (χ0n) is 32.2. The summed E-state index contributed by atoms with van der Waals surface area (Å²) >= 11 is 0. The molecule has 18 heteroatoms. The summed E-state index contributed by atoms with van der Waals surface area (Å²) in [4.78, 5) is 30.1. The highest BCUT2D eigenvalue weighted by atomic mass is 32.2. The maximum absolute atomic E-state index is 15.0. The Morgan fingerprint density at radius 3 is 2.42 bits per heavy atom. The van der Waals surface area contributed by atoms with Gasteiger partial charge in [-0.05, 0) is 71.6 Å². The van der Waals surface area contributed by atoms with Gasteiger partial charge in [-0.15, -0.1) is 0 Å². The fourth-order valence-electron chi connectivity index (χ4n) is 6.50. The number of carboxylic acids is 1. The molecule has 0 saturated carbocycles. The number of ether oxygens (including phenoxy) is 2. The Hall–Kier alpha value is -5.13. The maximum Gasteiger partial charge on any atom is 0.435 e. The van der Waals surface area contributed by atoms with Gasteiger partial charge < -0.3 is 14.6 Å². The lowest BCUT2D eigenvalue weighted by atomic mass is 9.85. The van der Waals surface area contributed by atoms with Gasteiger partial charge in [-0.1, -0.05) is 25.2 Å². The van der Waals surface area contributed by atoms with Crippen molar-refractivity contribution >= 4 is 38.7 Å². The van der Waals surface area contributed by atoms with E-state index < -0.39 is 50.2 Å². The molecule has 2 unspecified atom stereocenters. The third kappa shape index (κ3) is 8.00. The van der Waals surface area contributed by atoms with Gasteiger partial charge in [-0.2, -0.15) is 23.4 Å². The molecule has 0 bridgehead atoms. The van der Waals surface area contributed by atoms with Crippen LogP contribution in [0.5, 0.6) is 5.88 Å². The van der Waals surface area contributed by atoms with E-state index >= 15 is 8.42 Å². The number of rotatable bonds is 12. The zero-order chi connectivity index (χ0) is 40.8. The van der Waals surface area contributed by atoms with Crippen LogP contribution in [-0.2, 0) is 45.9 Å². The predicted octanol–water partition coefficient (Wildman–Crippen LogP) is 6.90. The number of allylic oxidation sites excluding steroid dienone is 3. The SMILES string of the molecule is COc1c(C2=CC(C)(S(=O)(=O)n3cc(-c4cn(CCCC(=O)O)nc4C(F)(F)F)c4cccnc43)C(C)C=C2)c(CN(C(=O)OC(C)(C)C)C(C)C)nn1C. The molecule has 1 aliphatic carbocycles. The maximum atomic E-state index is 15.0. The summed E-state index contributed by atoms with van der Waals surface area (Å²) < 4.78 is 86.4. The molecular formula is C37H46F3N7O7S. The van der Waals surface area contributed by atoms with Crippen LogP contribution in [0.3, 0.4) is 0 Å². The van der Waals surface area contributed by atoms with Gasteiger partial charge >= 0.3 is 18.2 Å². The summed E-state index contributed by atoms with van der Waals surface area (Å²) in [5, 5.41) is 17.5. The molecule has 4 aromatic heterocycles. The minimum absolute atomic E-state index is 0.00432. The highest BCUT2D eigenvalue weighted by Gasteiger charge is 2.46. The number of carboxylic acid groups (broad SMARTS) is 1. The number of hydrogen-bond donors (Lipinski definition) is 1. The van der Waals surface area contributed by atoms with Crippen molar-refractivity contribution in [1.82, 2.24) is 33.4 Å². The lowest BCUT2D eigenvalue weighted by molar-refractivity contribution is -0.141. The summed E-state index contributed by atoms with van der Waals surface area (Å²) in [6, 6.07) is 2.68. The van der Waals surface area contributed by atoms with Crippen LogP contribution in [0, 0.1) is 5.92 Å². The molecule has 4 heterocycles. The van der Waals surface area contributed by atoms with Crippen molar-refractivity contribution in [3.63, 3.8) is 0 Å². The number of halogens is 3. The third-order valence-electron chi connectivity index (χ3n) is 9.48. The average Bonchev–Trinajstić information content (AvgIpc) is 3.76. The van der Waals surface area contributed by atoms with Gasteiger partial charge in [-0.25, -0.2) is 26.9 Å². The number of amides is 1. The minimum Gasteiger partial charge on any atom is -0.481 e. The van der Waals surface area contributed by atoms with Crippen LogP contribution in [0.4, 0.5) is 18.0 Å². The van der Waals surface area contributed by atoms with E-state index in [-0.39, 0.29) is 54.1 Å². The molecule has 2 atom stereocenters. The molecule has 14 nitrogen and oxygen atoms in total. The summed E-state index contributed by atoms with van der Waals surface area (Å²) in [7, 11) is -1.42. The lowest BCUT2D eigenvalue weighted by Gasteiger charge is -2.34. The number of methoxy groups -OCH3 is 1. The van der Waals surface area contributed by atoms with Crippen LogP contribution >= 0.6 is 0 Å². The van der Waals surface area contributed by atoms with Crippen LogP contribution in [0.2, 0.25) is 0 Å². The van der Waals surface area contributed by atoms with Crippen LogP contribution < -0.4 is 4.74 Å². The number of aromatic nitrogens is 6. The fourth-order valence-corrected chi connectivity index (χ4v) is 8.37. The third-order valence-corrected chi connectivity index (χ3v) is 11.9.